The van der Waals surface area contributed by atoms with Crippen LogP contribution in [0.1, 0.15) is 33.4 Å². The number of aromatic nitrogens is 3. The minimum atomic E-state index is -0.271. The summed E-state index contributed by atoms with van der Waals surface area (Å²) in [5.41, 5.74) is 2.18. The predicted octanol–water partition coefficient (Wildman–Crippen LogP) is 1.53. The maximum atomic E-state index is 9.53. The fourth-order valence-corrected chi connectivity index (χ4v) is 3.03. The van der Waals surface area contributed by atoms with Crippen molar-refractivity contribution in [2.75, 3.05) is 37.6 Å². The van der Waals surface area contributed by atoms with E-state index in [1.54, 1.807) is 0 Å². The first-order valence-corrected chi connectivity index (χ1v) is 8.35. The van der Waals surface area contributed by atoms with Gasteiger partial charge in [-0.2, -0.15) is 5.10 Å². The maximum Gasteiger partial charge on any atom is 0.154 e. The minimum Gasteiger partial charge on any atom is -0.392 e. The van der Waals surface area contributed by atoms with E-state index in [1.807, 2.05) is 23.8 Å². The Bertz CT molecular complexity index is 665. The lowest BCUT2D eigenvalue weighted by Crippen LogP contribution is -2.48. The zero-order valence-electron chi connectivity index (χ0n) is 14.5. The van der Waals surface area contributed by atoms with E-state index in [1.165, 1.54) is 0 Å². The summed E-state index contributed by atoms with van der Waals surface area (Å²) in [7, 11) is 0. The number of anilines is 1. The maximum absolute atomic E-state index is 9.53. The average molecular weight is 317 g/mol. The van der Waals surface area contributed by atoms with Crippen molar-refractivity contribution in [2.45, 2.75) is 39.2 Å². The first-order chi connectivity index (χ1) is 10.8. The Morgan fingerprint density at radius 2 is 1.91 bits per heavy atom. The van der Waals surface area contributed by atoms with Gasteiger partial charge in [0.2, 0.25) is 0 Å². The molecule has 0 unspecified atom stereocenters. The van der Waals surface area contributed by atoms with Crippen LogP contribution < -0.4 is 4.90 Å². The van der Waals surface area contributed by atoms with Crippen molar-refractivity contribution < 1.29 is 5.11 Å². The van der Waals surface area contributed by atoms with E-state index in [2.05, 4.69) is 41.6 Å². The average Bonchev–Trinajstić information content (AvgIpc) is 2.91. The van der Waals surface area contributed by atoms with Crippen LogP contribution in [0.2, 0.25) is 0 Å². The normalized spacial score (nSPS) is 18.6. The van der Waals surface area contributed by atoms with Gasteiger partial charge in [-0.05, 0) is 13.0 Å². The fourth-order valence-electron chi connectivity index (χ4n) is 3.03. The highest BCUT2D eigenvalue weighted by molar-refractivity contribution is 5.69. The van der Waals surface area contributed by atoms with Crippen molar-refractivity contribution in [3.63, 3.8) is 0 Å². The molecule has 0 aliphatic carbocycles. The van der Waals surface area contributed by atoms with Crippen LogP contribution in [0.5, 0.6) is 0 Å². The van der Waals surface area contributed by atoms with Gasteiger partial charge in [-0.15, -0.1) is 0 Å². The molecular weight excluding hydrogens is 290 g/mol. The molecule has 0 saturated carbocycles. The topological polar surface area (TPSA) is 56.9 Å². The van der Waals surface area contributed by atoms with Gasteiger partial charge in [0, 0.05) is 50.5 Å². The Labute approximate surface area is 137 Å². The van der Waals surface area contributed by atoms with E-state index < -0.39 is 0 Å². The molecule has 0 amide bonds. The number of rotatable bonds is 3. The van der Waals surface area contributed by atoms with Crippen LogP contribution in [-0.2, 0) is 5.41 Å². The summed E-state index contributed by atoms with van der Waals surface area (Å²) in [4.78, 5) is 9.23. The molecule has 1 aliphatic heterocycles. The SMILES string of the molecule is C[C@H](O)CN1CCN(c2nccn3nc(C(C)(C)C)cc23)CC1. The van der Waals surface area contributed by atoms with Gasteiger partial charge in [0.15, 0.2) is 5.82 Å². The summed E-state index contributed by atoms with van der Waals surface area (Å²) in [6.07, 6.45) is 3.47. The number of fused-ring (bicyclic) bond motifs is 1. The largest absolute Gasteiger partial charge is 0.392 e. The van der Waals surface area contributed by atoms with Gasteiger partial charge < -0.3 is 10.0 Å². The summed E-state index contributed by atoms with van der Waals surface area (Å²) in [6.45, 7) is 12.9. The predicted molar refractivity (Wildman–Crippen MR) is 92.0 cm³/mol. The van der Waals surface area contributed by atoms with Crippen LogP contribution in [0, 0.1) is 0 Å². The third-order valence-corrected chi connectivity index (χ3v) is 4.33. The molecule has 23 heavy (non-hydrogen) atoms. The standard InChI is InChI=1S/C17H27N5O/c1-13(23)12-20-7-9-21(10-8-20)16-14-11-15(17(2,3)4)19-22(14)6-5-18-16/h5-6,11,13,23H,7-10,12H2,1-4H3/t13-/m0/s1. The van der Waals surface area contributed by atoms with E-state index in [9.17, 15) is 5.11 Å². The van der Waals surface area contributed by atoms with Crippen molar-refractivity contribution in [3.05, 3.63) is 24.2 Å². The molecule has 3 heterocycles. The molecule has 0 spiro atoms. The van der Waals surface area contributed by atoms with Crippen molar-refractivity contribution >= 4 is 11.3 Å². The van der Waals surface area contributed by atoms with Gasteiger partial charge in [-0.3, -0.25) is 4.90 Å². The smallest absolute Gasteiger partial charge is 0.154 e. The van der Waals surface area contributed by atoms with E-state index >= 15 is 0 Å². The second-order valence-corrected chi connectivity index (χ2v) is 7.50. The zero-order chi connectivity index (χ0) is 16.6. The lowest BCUT2D eigenvalue weighted by molar-refractivity contribution is 0.122. The number of hydrogen-bond acceptors (Lipinski definition) is 5. The van der Waals surface area contributed by atoms with Crippen LogP contribution >= 0.6 is 0 Å². The van der Waals surface area contributed by atoms with Crippen LogP contribution in [0.3, 0.4) is 0 Å². The molecule has 0 aromatic carbocycles. The third-order valence-electron chi connectivity index (χ3n) is 4.33. The summed E-state index contributed by atoms with van der Waals surface area (Å²) in [6, 6.07) is 2.16. The van der Waals surface area contributed by atoms with Gasteiger partial charge in [-0.1, -0.05) is 20.8 Å². The van der Waals surface area contributed by atoms with Crippen molar-refractivity contribution in [2.24, 2.45) is 0 Å². The van der Waals surface area contributed by atoms with Gasteiger partial charge in [-0.25, -0.2) is 9.50 Å². The molecule has 1 N–H and O–H groups in total. The molecule has 2 aromatic rings. The quantitative estimate of drug-likeness (QED) is 0.930. The minimum absolute atomic E-state index is 0.0270. The fraction of sp³-hybridized carbons (Fsp3) is 0.647. The molecule has 0 bridgehead atoms. The summed E-state index contributed by atoms with van der Waals surface area (Å²) < 4.78 is 1.94. The second-order valence-electron chi connectivity index (χ2n) is 7.50. The molecule has 6 nitrogen and oxygen atoms in total. The molecule has 1 saturated heterocycles. The summed E-state index contributed by atoms with van der Waals surface area (Å²) in [5, 5.41) is 14.2. The third kappa shape index (κ3) is 3.48. The van der Waals surface area contributed by atoms with Crippen molar-refractivity contribution in [1.82, 2.24) is 19.5 Å². The Balaban J connectivity index is 1.82. The van der Waals surface area contributed by atoms with Gasteiger partial charge in [0.25, 0.3) is 0 Å². The number of hydrogen-bond donors (Lipinski definition) is 1. The molecular formula is C17H27N5O. The van der Waals surface area contributed by atoms with E-state index in [-0.39, 0.29) is 11.5 Å². The zero-order valence-corrected chi connectivity index (χ0v) is 14.5. The number of nitrogens with zero attached hydrogens (tertiary/aromatic N) is 5. The highest BCUT2D eigenvalue weighted by Crippen LogP contribution is 2.26. The molecule has 1 aliphatic rings. The van der Waals surface area contributed by atoms with Gasteiger partial charge >= 0.3 is 0 Å². The van der Waals surface area contributed by atoms with Crippen LogP contribution in [0.25, 0.3) is 5.52 Å². The molecule has 0 radical (unpaired) electrons. The number of aliphatic hydroxyl groups is 1. The second kappa shape index (κ2) is 6.09. The Morgan fingerprint density at radius 1 is 1.22 bits per heavy atom. The first-order valence-electron chi connectivity index (χ1n) is 8.35. The Kier molecular flexibility index (Phi) is 4.29. The summed E-state index contributed by atoms with van der Waals surface area (Å²) >= 11 is 0. The first kappa shape index (κ1) is 16.2. The van der Waals surface area contributed by atoms with Crippen molar-refractivity contribution in [1.29, 1.82) is 0 Å². The van der Waals surface area contributed by atoms with Gasteiger partial charge in [0.05, 0.1) is 11.8 Å². The van der Waals surface area contributed by atoms with Crippen LogP contribution in [-0.4, -0.2) is 63.4 Å². The molecule has 6 heteroatoms. The van der Waals surface area contributed by atoms with E-state index in [0.717, 1.165) is 49.8 Å². The van der Waals surface area contributed by atoms with E-state index in [4.69, 9.17) is 5.10 Å². The van der Waals surface area contributed by atoms with Crippen molar-refractivity contribution in [3.8, 4) is 0 Å². The molecule has 126 valence electrons. The number of aliphatic hydroxyl groups excluding tert-OH is 1. The number of β-amino-alcohol motifs (C(OH)–C–C–N with tert-alkyl or cyclic N) is 1. The molecule has 2 aromatic heterocycles. The van der Waals surface area contributed by atoms with Gasteiger partial charge in [0.1, 0.15) is 5.52 Å². The highest BCUT2D eigenvalue weighted by atomic mass is 16.3. The lowest BCUT2D eigenvalue weighted by Gasteiger charge is -2.36. The highest BCUT2D eigenvalue weighted by Gasteiger charge is 2.23. The Hall–Kier alpha value is -1.66. The monoisotopic (exact) mass is 317 g/mol. The lowest BCUT2D eigenvalue weighted by atomic mass is 9.92. The number of piperazine rings is 1. The Morgan fingerprint density at radius 3 is 2.52 bits per heavy atom. The molecule has 1 fully saturated rings. The summed E-state index contributed by atoms with van der Waals surface area (Å²) in [5.74, 6) is 1.01. The van der Waals surface area contributed by atoms with E-state index in [0.29, 0.717) is 0 Å². The molecule has 3 rings (SSSR count). The molecule has 1 atom stereocenters. The van der Waals surface area contributed by atoms with Crippen LogP contribution in [0.4, 0.5) is 5.82 Å². The van der Waals surface area contributed by atoms with Crippen LogP contribution in [0.15, 0.2) is 18.5 Å².